The van der Waals surface area contributed by atoms with Crippen LogP contribution in [0.2, 0.25) is 0 Å². The first-order valence-corrected chi connectivity index (χ1v) is 10.1. The molecule has 2 aliphatic heterocycles. The smallest absolute Gasteiger partial charge is 0.277 e. The Hall–Kier alpha value is -3.40. The van der Waals surface area contributed by atoms with Gasteiger partial charge in [0.25, 0.3) is 5.91 Å². The molecule has 0 aliphatic carbocycles. The van der Waals surface area contributed by atoms with Crippen molar-refractivity contribution in [3.8, 4) is 0 Å². The van der Waals surface area contributed by atoms with Crippen LogP contribution in [-0.4, -0.2) is 34.1 Å². The number of rotatable bonds is 0. The summed E-state index contributed by atoms with van der Waals surface area (Å²) in [5, 5.41) is 5.17. The highest BCUT2D eigenvalue weighted by Crippen LogP contribution is 2.52. The number of anilines is 4. The molecule has 0 aromatic heterocycles. The molecule has 0 bridgehead atoms. The van der Waals surface area contributed by atoms with Gasteiger partial charge in [0.05, 0.1) is 22.7 Å². The quantitative estimate of drug-likeness (QED) is 0.422. The predicted octanol–water partition coefficient (Wildman–Crippen LogP) is 5.08. The second-order valence-electron chi connectivity index (χ2n) is 8.14. The Labute approximate surface area is 171 Å². The summed E-state index contributed by atoms with van der Waals surface area (Å²) in [6, 6.07) is 26.4. The molecule has 0 N–H and O–H groups in total. The van der Waals surface area contributed by atoms with Crippen LogP contribution < -0.4 is 19.6 Å². The van der Waals surface area contributed by atoms with Crippen LogP contribution >= 0.6 is 0 Å². The zero-order valence-electron chi connectivity index (χ0n) is 17.2. The standard InChI is InChI=1S/C25H24N4/c1-26-19-13-5-9-17-10-6-14-20(23(17)19)27(2)25(26)28(3)21-15-7-11-18-12-8-16-22(24(18)21)29(25)4/h5-16H,1-4H3. The van der Waals surface area contributed by atoms with E-state index in [4.69, 9.17) is 0 Å². The summed E-state index contributed by atoms with van der Waals surface area (Å²) < 4.78 is 0. The van der Waals surface area contributed by atoms with Crippen molar-refractivity contribution in [1.82, 2.24) is 0 Å². The summed E-state index contributed by atoms with van der Waals surface area (Å²) in [6.45, 7) is 0. The maximum atomic E-state index is 2.41. The molecule has 4 nitrogen and oxygen atoms in total. The maximum Gasteiger partial charge on any atom is 0.277 e. The Morgan fingerprint density at radius 1 is 0.448 bits per heavy atom. The number of hydrogen-bond donors (Lipinski definition) is 0. The molecule has 2 heterocycles. The lowest BCUT2D eigenvalue weighted by molar-refractivity contribution is 0.378. The summed E-state index contributed by atoms with van der Waals surface area (Å²) in [5.41, 5.74) is 5.01. The molecule has 0 radical (unpaired) electrons. The fourth-order valence-electron chi connectivity index (χ4n) is 5.72. The van der Waals surface area contributed by atoms with E-state index in [9.17, 15) is 0 Å². The van der Waals surface area contributed by atoms with Gasteiger partial charge >= 0.3 is 0 Å². The summed E-state index contributed by atoms with van der Waals surface area (Å²) >= 11 is 0. The van der Waals surface area contributed by atoms with E-state index in [1.165, 1.54) is 44.3 Å². The van der Waals surface area contributed by atoms with Gasteiger partial charge in [-0.2, -0.15) is 0 Å². The summed E-state index contributed by atoms with van der Waals surface area (Å²) in [5.74, 6) is -0.495. The highest BCUT2D eigenvalue weighted by atomic mass is 15.7. The highest BCUT2D eigenvalue weighted by molar-refractivity contribution is 6.10. The minimum atomic E-state index is -0.495. The normalized spacial score (nSPS) is 17.0. The lowest BCUT2D eigenvalue weighted by Gasteiger charge is -2.63. The largest absolute Gasteiger partial charge is 0.316 e. The first-order valence-electron chi connectivity index (χ1n) is 10.1. The van der Waals surface area contributed by atoms with Crippen molar-refractivity contribution in [2.75, 3.05) is 47.8 Å². The van der Waals surface area contributed by atoms with E-state index >= 15 is 0 Å². The van der Waals surface area contributed by atoms with Crippen LogP contribution in [0, 0.1) is 0 Å². The Morgan fingerprint density at radius 3 is 1.00 bits per heavy atom. The van der Waals surface area contributed by atoms with Crippen LogP contribution in [0.4, 0.5) is 22.7 Å². The fourth-order valence-corrected chi connectivity index (χ4v) is 5.72. The van der Waals surface area contributed by atoms with E-state index in [0.717, 1.165) is 0 Å². The van der Waals surface area contributed by atoms with Gasteiger partial charge in [-0.3, -0.25) is 0 Å². The van der Waals surface area contributed by atoms with E-state index in [1.807, 2.05) is 0 Å². The molecule has 29 heavy (non-hydrogen) atoms. The van der Waals surface area contributed by atoms with Gasteiger partial charge in [0.15, 0.2) is 0 Å². The number of hydrogen-bond acceptors (Lipinski definition) is 4. The van der Waals surface area contributed by atoms with Crippen molar-refractivity contribution in [1.29, 1.82) is 0 Å². The van der Waals surface area contributed by atoms with Crippen LogP contribution in [0.25, 0.3) is 21.5 Å². The minimum absolute atomic E-state index is 0.495. The van der Waals surface area contributed by atoms with Crippen LogP contribution in [0.5, 0.6) is 0 Å². The Kier molecular flexibility index (Phi) is 3.05. The first-order chi connectivity index (χ1) is 14.1. The Bertz CT molecular complexity index is 1100. The lowest BCUT2D eigenvalue weighted by Crippen LogP contribution is -2.78. The number of nitrogens with zero attached hydrogens (tertiary/aromatic N) is 4. The third-order valence-electron chi connectivity index (χ3n) is 6.97. The first kappa shape index (κ1) is 16.5. The van der Waals surface area contributed by atoms with Gasteiger partial charge in [-0.05, 0) is 35.0 Å². The minimum Gasteiger partial charge on any atom is -0.316 e. The Balaban J connectivity index is 1.70. The van der Waals surface area contributed by atoms with Crippen LogP contribution in [0.3, 0.4) is 0 Å². The molecule has 1 spiro atoms. The molecule has 4 aromatic carbocycles. The van der Waals surface area contributed by atoms with E-state index in [2.05, 4.69) is 121 Å². The van der Waals surface area contributed by atoms with Crippen molar-refractivity contribution in [3.63, 3.8) is 0 Å². The second-order valence-corrected chi connectivity index (χ2v) is 8.14. The lowest BCUT2D eigenvalue weighted by atomic mass is 9.97. The predicted molar refractivity (Wildman–Crippen MR) is 124 cm³/mol. The maximum absolute atomic E-state index is 2.41. The van der Waals surface area contributed by atoms with E-state index < -0.39 is 5.91 Å². The topological polar surface area (TPSA) is 13.0 Å². The zero-order chi connectivity index (χ0) is 19.9. The second kappa shape index (κ2) is 5.35. The van der Waals surface area contributed by atoms with Crippen molar-refractivity contribution < 1.29 is 0 Å². The highest BCUT2D eigenvalue weighted by Gasteiger charge is 2.53. The summed E-state index contributed by atoms with van der Waals surface area (Å²) in [6.07, 6.45) is 0. The fraction of sp³-hybridized carbons (Fsp3) is 0.200. The molecule has 4 heteroatoms. The molecule has 0 amide bonds. The van der Waals surface area contributed by atoms with Gasteiger partial charge in [0, 0.05) is 39.0 Å². The summed E-state index contributed by atoms with van der Waals surface area (Å²) in [7, 11) is 8.84. The monoisotopic (exact) mass is 380 g/mol. The molecular formula is C25H24N4. The van der Waals surface area contributed by atoms with Gasteiger partial charge in [-0.1, -0.05) is 48.5 Å². The van der Waals surface area contributed by atoms with Gasteiger partial charge in [-0.15, -0.1) is 0 Å². The molecule has 4 aromatic rings. The van der Waals surface area contributed by atoms with Crippen molar-refractivity contribution in [2.45, 2.75) is 5.91 Å². The third kappa shape index (κ3) is 1.76. The summed E-state index contributed by atoms with van der Waals surface area (Å²) in [4.78, 5) is 9.66. The molecular weight excluding hydrogens is 356 g/mol. The van der Waals surface area contributed by atoms with Gasteiger partial charge in [-0.25, -0.2) is 0 Å². The van der Waals surface area contributed by atoms with E-state index in [1.54, 1.807) is 0 Å². The van der Waals surface area contributed by atoms with Gasteiger partial charge < -0.3 is 19.6 Å². The van der Waals surface area contributed by atoms with Crippen molar-refractivity contribution in [3.05, 3.63) is 72.8 Å². The van der Waals surface area contributed by atoms with Crippen LogP contribution in [-0.2, 0) is 0 Å². The van der Waals surface area contributed by atoms with Crippen LogP contribution in [0.15, 0.2) is 72.8 Å². The van der Waals surface area contributed by atoms with Gasteiger partial charge in [0.2, 0.25) is 0 Å². The SMILES string of the molecule is CN1c2cccc3cccc(c23)N(C)C12N(C)c1cccc3cccc(c13)N2C. The molecule has 0 fully saturated rings. The van der Waals surface area contributed by atoms with Crippen molar-refractivity contribution in [2.24, 2.45) is 0 Å². The third-order valence-corrected chi connectivity index (χ3v) is 6.97. The van der Waals surface area contributed by atoms with Gasteiger partial charge in [0.1, 0.15) is 0 Å². The average Bonchev–Trinajstić information content (AvgIpc) is 2.76. The van der Waals surface area contributed by atoms with E-state index in [0.29, 0.717) is 0 Å². The molecule has 2 aliphatic rings. The molecule has 0 unspecified atom stereocenters. The molecule has 6 rings (SSSR count). The van der Waals surface area contributed by atoms with Crippen molar-refractivity contribution >= 4 is 44.3 Å². The molecule has 0 saturated heterocycles. The van der Waals surface area contributed by atoms with E-state index in [-0.39, 0.29) is 0 Å². The average molecular weight is 380 g/mol. The number of benzene rings is 4. The van der Waals surface area contributed by atoms with Crippen LogP contribution in [0.1, 0.15) is 0 Å². The zero-order valence-corrected chi connectivity index (χ0v) is 17.2. The molecule has 144 valence electrons. The molecule has 0 saturated carbocycles. The molecule has 0 atom stereocenters. The Morgan fingerprint density at radius 2 is 0.724 bits per heavy atom.